The molecule has 24 heavy (non-hydrogen) atoms. The average Bonchev–Trinajstić information content (AvgIpc) is 2.77. The van der Waals surface area contributed by atoms with Crippen molar-refractivity contribution in [2.75, 3.05) is 13.1 Å². The number of carbonyl (C=O) groups is 1. The molecule has 0 radical (unpaired) electrons. The van der Waals surface area contributed by atoms with Crippen molar-refractivity contribution in [1.29, 1.82) is 0 Å². The van der Waals surface area contributed by atoms with Gasteiger partial charge in [0.2, 0.25) is 5.91 Å². The van der Waals surface area contributed by atoms with Crippen LogP contribution in [0.2, 0.25) is 0 Å². The van der Waals surface area contributed by atoms with E-state index in [1.807, 2.05) is 6.92 Å². The van der Waals surface area contributed by atoms with Gasteiger partial charge in [0.15, 0.2) is 5.16 Å². The summed E-state index contributed by atoms with van der Waals surface area (Å²) in [5, 5.41) is 0.918. The molecule has 1 amide bonds. The first-order valence-electron chi connectivity index (χ1n) is 9.32. The Bertz CT molecular complexity index is 559. The molecule has 0 saturated carbocycles. The monoisotopic (exact) mass is 351 g/mol. The summed E-state index contributed by atoms with van der Waals surface area (Å²) in [6.45, 7) is 15.7. The van der Waals surface area contributed by atoms with E-state index in [-0.39, 0.29) is 11.2 Å². The van der Waals surface area contributed by atoms with Crippen molar-refractivity contribution in [1.82, 2.24) is 14.5 Å². The molecule has 1 aliphatic rings. The van der Waals surface area contributed by atoms with Crippen LogP contribution in [0.3, 0.4) is 0 Å². The number of amides is 1. The third-order valence-electron chi connectivity index (χ3n) is 4.97. The fraction of sp³-hybridized carbons (Fsp3) is 0.789. The maximum Gasteiger partial charge on any atom is 0.235 e. The van der Waals surface area contributed by atoms with E-state index in [2.05, 4.69) is 44.1 Å². The summed E-state index contributed by atoms with van der Waals surface area (Å²) in [5.41, 5.74) is 2.30. The summed E-state index contributed by atoms with van der Waals surface area (Å²) in [7, 11) is 0. The summed E-state index contributed by atoms with van der Waals surface area (Å²) < 4.78 is 2.29. The number of thioether (sulfide) groups is 1. The van der Waals surface area contributed by atoms with Crippen LogP contribution in [0.15, 0.2) is 5.16 Å². The minimum atomic E-state index is -0.0796. The minimum Gasteiger partial charge on any atom is -0.341 e. The number of rotatable bonds is 6. The number of unbranched alkanes of at least 4 members (excludes halogenated alkanes) is 1. The molecule has 2 heterocycles. The molecule has 5 heteroatoms. The van der Waals surface area contributed by atoms with Crippen LogP contribution in [0.5, 0.6) is 0 Å². The normalized spacial score (nSPS) is 22.7. The molecule has 1 aliphatic heterocycles. The van der Waals surface area contributed by atoms with Crippen LogP contribution in [0.1, 0.15) is 58.3 Å². The lowest BCUT2D eigenvalue weighted by molar-refractivity contribution is -0.132. The smallest absolute Gasteiger partial charge is 0.235 e. The SMILES string of the molecule is CCCCn1c(SC(C)C(=O)N2CC(C)CC(C)C2)nc(C)c1C. The number of imidazole rings is 1. The molecule has 0 aliphatic carbocycles. The first-order valence-corrected chi connectivity index (χ1v) is 10.2. The highest BCUT2D eigenvalue weighted by Gasteiger charge is 2.29. The molecule has 1 aromatic rings. The van der Waals surface area contributed by atoms with Gasteiger partial charge in [-0.05, 0) is 45.4 Å². The van der Waals surface area contributed by atoms with Gasteiger partial charge in [-0.1, -0.05) is 39.0 Å². The van der Waals surface area contributed by atoms with Crippen molar-refractivity contribution in [3.05, 3.63) is 11.4 Å². The third-order valence-corrected chi connectivity index (χ3v) is 6.05. The molecule has 0 aromatic carbocycles. The van der Waals surface area contributed by atoms with Crippen LogP contribution in [0, 0.1) is 25.7 Å². The third kappa shape index (κ3) is 4.56. The molecule has 4 nitrogen and oxygen atoms in total. The minimum absolute atomic E-state index is 0.0796. The Morgan fingerprint density at radius 2 is 1.92 bits per heavy atom. The number of piperidine rings is 1. The maximum absolute atomic E-state index is 12.9. The zero-order valence-electron chi connectivity index (χ0n) is 16.1. The van der Waals surface area contributed by atoms with Gasteiger partial charge in [0, 0.05) is 25.3 Å². The van der Waals surface area contributed by atoms with Gasteiger partial charge < -0.3 is 9.47 Å². The highest BCUT2D eigenvalue weighted by Crippen LogP contribution is 2.29. The molecule has 1 fully saturated rings. The quantitative estimate of drug-likeness (QED) is 0.718. The number of aryl methyl sites for hydroxylation is 1. The van der Waals surface area contributed by atoms with Crippen LogP contribution in [-0.2, 0) is 11.3 Å². The van der Waals surface area contributed by atoms with E-state index >= 15 is 0 Å². The molecule has 1 saturated heterocycles. The van der Waals surface area contributed by atoms with Crippen molar-refractivity contribution in [2.45, 2.75) is 77.8 Å². The average molecular weight is 352 g/mol. The zero-order chi connectivity index (χ0) is 17.9. The predicted octanol–water partition coefficient (Wildman–Crippen LogP) is 4.29. The largest absolute Gasteiger partial charge is 0.341 e. The van der Waals surface area contributed by atoms with Crippen LogP contribution >= 0.6 is 11.8 Å². The zero-order valence-corrected chi connectivity index (χ0v) is 16.9. The van der Waals surface area contributed by atoms with E-state index in [9.17, 15) is 4.79 Å². The molecule has 136 valence electrons. The van der Waals surface area contributed by atoms with Crippen molar-refractivity contribution in [3.8, 4) is 0 Å². The van der Waals surface area contributed by atoms with Gasteiger partial charge in [-0.2, -0.15) is 0 Å². The Balaban J connectivity index is 2.07. The summed E-state index contributed by atoms with van der Waals surface area (Å²) in [6.07, 6.45) is 3.54. The molecule has 3 atom stereocenters. The standard InChI is InChI=1S/C19H33N3OS/c1-7-8-9-22-16(5)15(4)20-19(22)24-17(6)18(23)21-11-13(2)10-14(3)12-21/h13-14,17H,7-12H2,1-6H3. The lowest BCUT2D eigenvalue weighted by Gasteiger charge is -2.36. The molecule has 0 spiro atoms. The molecule has 2 rings (SSSR count). The lowest BCUT2D eigenvalue weighted by atomic mass is 9.92. The summed E-state index contributed by atoms with van der Waals surface area (Å²) in [6, 6.07) is 0. The number of likely N-dealkylation sites (tertiary alicyclic amines) is 1. The second kappa shape index (κ2) is 8.41. The highest BCUT2D eigenvalue weighted by molar-refractivity contribution is 8.00. The fourth-order valence-corrected chi connectivity index (χ4v) is 4.71. The highest BCUT2D eigenvalue weighted by atomic mass is 32.2. The van der Waals surface area contributed by atoms with Gasteiger partial charge in [-0.25, -0.2) is 4.98 Å². The topological polar surface area (TPSA) is 38.1 Å². The Morgan fingerprint density at radius 3 is 2.50 bits per heavy atom. The Hall–Kier alpha value is -0.970. The maximum atomic E-state index is 12.9. The summed E-state index contributed by atoms with van der Waals surface area (Å²) in [5.74, 6) is 1.47. The molecule has 0 bridgehead atoms. The second-order valence-electron chi connectivity index (χ2n) is 7.52. The van der Waals surface area contributed by atoms with E-state index in [1.54, 1.807) is 11.8 Å². The number of nitrogens with zero attached hydrogens (tertiary/aromatic N) is 3. The van der Waals surface area contributed by atoms with E-state index in [0.717, 1.165) is 36.9 Å². The molecule has 3 unspecified atom stereocenters. The Kier molecular flexibility index (Phi) is 6.79. The second-order valence-corrected chi connectivity index (χ2v) is 8.83. The summed E-state index contributed by atoms with van der Waals surface area (Å²) in [4.78, 5) is 19.7. The van der Waals surface area contributed by atoms with Gasteiger partial charge in [0.1, 0.15) is 0 Å². The fourth-order valence-electron chi connectivity index (χ4n) is 3.60. The van der Waals surface area contributed by atoms with E-state index in [0.29, 0.717) is 11.8 Å². The Morgan fingerprint density at radius 1 is 1.29 bits per heavy atom. The van der Waals surface area contributed by atoms with Crippen LogP contribution < -0.4 is 0 Å². The van der Waals surface area contributed by atoms with Gasteiger partial charge in [-0.15, -0.1) is 0 Å². The van der Waals surface area contributed by atoms with Gasteiger partial charge >= 0.3 is 0 Å². The molecule has 1 aromatic heterocycles. The van der Waals surface area contributed by atoms with Crippen molar-refractivity contribution < 1.29 is 4.79 Å². The van der Waals surface area contributed by atoms with Crippen LogP contribution in [0.25, 0.3) is 0 Å². The van der Waals surface area contributed by atoms with E-state index < -0.39 is 0 Å². The van der Waals surface area contributed by atoms with Gasteiger partial charge in [0.25, 0.3) is 0 Å². The van der Waals surface area contributed by atoms with Crippen LogP contribution in [-0.4, -0.2) is 38.7 Å². The number of carbonyl (C=O) groups excluding carboxylic acids is 1. The van der Waals surface area contributed by atoms with Gasteiger partial charge in [0.05, 0.1) is 10.9 Å². The van der Waals surface area contributed by atoms with Gasteiger partial charge in [-0.3, -0.25) is 4.79 Å². The first-order chi connectivity index (χ1) is 11.3. The van der Waals surface area contributed by atoms with Crippen molar-refractivity contribution in [2.24, 2.45) is 11.8 Å². The van der Waals surface area contributed by atoms with Crippen LogP contribution in [0.4, 0.5) is 0 Å². The van der Waals surface area contributed by atoms with Crippen molar-refractivity contribution >= 4 is 17.7 Å². The number of hydrogen-bond donors (Lipinski definition) is 0. The van der Waals surface area contributed by atoms with Crippen molar-refractivity contribution in [3.63, 3.8) is 0 Å². The molecule has 0 N–H and O–H groups in total. The van der Waals surface area contributed by atoms with E-state index in [1.165, 1.54) is 18.5 Å². The molecular weight excluding hydrogens is 318 g/mol. The summed E-state index contributed by atoms with van der Waals surface area (Å²) >= 11 is 1.62. The lowest BCUT2D eigenvalue weighted by Crippen LogP contribution is -2.45. The predicted molar refractivity (Wildman–Crippen MR) is 101 cm³/mol. The Labute approximate surface area is 151 Å². The first kappa shape index (κ1) is 19.4. The molecular formula is C19H33N3OS. The van der Waals surface area contributed by atoms with E-state index in [4.69, 9.17) is 4.98 Å². The number of hydrogen-bond acceptors (Lipinski definition) is 3. The number of aromatic nitrogens is 2.